The summed E-state index contributed by atoms with van der Waals surface area (Å²) in [5.41, 5.74) is 3.51. The molecule has 1 aliphatic heterocycles. The van der Waals surface area contributed by atoms with Crippen LogP contribution in [0.25, 0.3) is 0 Å². The van der Waals surface area contributed by atoms with Crippen molar-refractivity contribution in [3.8, 4) is 5.75 Å². The maximum atomic E-state index is 6.22. The van der Waals surface area contributed by atoms with Crippen molar-refractivity contribution in [2.75, 3.05) is 12.5 Å². The van der Waals surface area contributed by atoms with Gasteiger partial charge in [0, 0.05) is 28.3 Å². The van der Waals surface area contributed by atoms with E-state index in [1.54, 1.807) is 0 Å². The van der Waals surface area contributed by atoms with Gasteiger partial charge in [0.15, 0.2) is 0 Å². The minimum Gasteiger partial charge on any atom is -0.493 e. The summed E-state index contributed by atoms with van der Waals surface area (Å²) in [6, 6.07) is 11.8. The van der Waals surface area contributed by atoms with E-state index in [1.807, 2.05) is 36.4 Å². The minimum absolute atomic E-state index is 0.218. The maximum absolute atomic E-state index is 6.22. The van der Waals surface area contributed by atoms with Crippen molar-refractivity contribution in [3.05, 3.63) is 63.1 Å². The molecule has 0 radical (unpaired) electrons. The topological polar surface area (TPSA) is 9.23 Å². The summed E-state index contributed by atoms with van der Waals surface area (Å²) in [6.07, 6.45) is 1.74. The Labute approximate surface area is 139 Å². The van der Waals surface area contributed by atoms with Crippen LogP contribution in [0.3, 0.4) is 0 Å². The average Bonchev–Trinajstić information content (AvgIpc) is 2.94. The summed E-state index contributed by atoms with van der Waals surface area (Å²) in [5, 5.41) is 1.50. The van der Waals surface area contributed by atoms with Crippen LogP contribution < -0.4 is 4.74 Å². The number of alkyl halides is 1. The molecule has 1 nitrogen and oxygen atoms in total. The van der Waals surface area contributed by atoms with Gasteiger partial charge < -0.3 is 4.74 Å². The predicted molar refractivity (Wildman–Crippen MR) is 89.3 cm³/mol. The van der Waals surface area contributed by atoms with Gasteiger partial charge in [-0.3, -0.25) is 0 Å². The molecule has 0 spiro atoms. The predicted octanol–water partition coefficient (Wildman–Crippen LogP) is 5.49. The maximum Gasteiger partial charge on any atom is 0.125 e. The van der Waals surface area contributed by atoms with E-state index in [1.165, 1.54) is 11.1 Å². The molecule has 0 amide bonds. The van der Waals surface area contributed by atoms with Crippen LogP contribution in [0.4, 0.5) is 0 Å². The largest absolute Gasteiger partial charge is 0.493 e. The standard InChI is InChI=1S/C17H15Cl3O/c18-10-14(11-1-3-15(19)4-2-11)7-13-9-16(20)8-12-5-6-21-17(12)13/h1-4,8-9,14H,5-7,10H2. The summed E-state index contributed by atoms with van der Waals surface area (Å²) < 4.78 is 5.76. The summed E-state index contributed by atoms with van der Waals surface area (Å²) in [7, 11) is 0. The van der Waals surface area contributed by atoms with Crippen molar-refractivity contribution in [1.29, 1.82) is 0 Å². The van der Waals surface area contributed by atoms with Gasteiger partial charge in [0.05, 0.1) is 6.61 Å². The Hall–Kier alpha value is -0.890. The Balaban J connectivity index is 1.89. The van der Waals surface area contributed by atoms with Gasteiger partial charge in [0.25, 0.3) is 0 Å². The SMILES string of the molecule is ClCC(Cc1cc(Cl)cc2c1OCC2)c1ccc(Cl)cc1. The van der Waals surface area contributed by atoms with E-state index in [4.69, 9.17) is 39.5 Å². The fourth-order valence-electron chi connectivity index (χ4n) is 2.76. The molecule has 1 unspecified atom stereocenters. The number of hydrogen-bond donors (Lipinski definition) is 0. The molecule has 21 heavy (non-hydrogen) atoms. The lowest BCUT2D eigenvalue weighted by Gasteiger charge is -2.17. The van der Waals surface area contributed by atoms with Crippen molar-refractivity contribution in [2.24, 2.45) is 0 Å². The number of hydrogen-bond acceptors (Lipinski definition) is 1. The van der Waals surface area contributed by atoms with Gasteiger partial charge in [-0.25, -0.2) is 0 Å². The van der Waals surface area contributed by atoms with E-state index in [0.717, 1.165) is 40.8 Å². The first-order valence-electron chi connectivity index (χ1n) is 6.93. The van der Waals surface area contributed by atoms with Crippen molar-refractivity contribution < 1.29 is 4.74 Å². The van der Waals surface area contributed by atoms with Gasteiger partial charge >= 0.3 is 0 Å². The third-order valence-corrected chi connectivity index (χ3v) is 4.66. The highest BCUT2D eigenvalue weighted by molar-refractivity contribution is 6.31. The molecule has 0 bridgehead atoms. The first kappa shape index (κ1) is 15.0. The van der Waals surface area contributed by atoms with Crippen LogP contribution in [0.1, 0.15) is 22.6 Å². The zero-order valence-electron chi connectivity index (χ0n) is 11.4. The Morgan fingerprint density at radius 3 is 2.52 bits per heavy atom. The molecule has 2 aromatic rings. The lowest BCUT2D eigenvalue weighted by atomic mass is 9.92. The van der Waals surface area contributed by atoms with Crippen LogP contribution in [0.5, 0.6) is 5.75 Å². The molecule has 4 heteroatoms. The molecular weight excluding hydrogens is 327 g/mol. The molecule has 0 fully saturated rings. The van der Waals surface area contributed by atoms with Crippen LogP contribution in [0, 0.1) is 0 Å². The van der Waals surface area contributed by atoms with E-state index in [9.17, 15) is 0 Å². The van der Waals surface area contributed by atoms with Crippen LogP contribution >= 0.6 is 34.8 Å². The first-order valence-corrected chi connectivity index (χ1v) is 8.22. The zero-order chi connectivity index (χ0) is 14.8. The van der Waals surface area contributed by atoms with Gasteiger partial charge in [0.1, 0.15) is 5.75 Å². The van der Waals surface area contributed by atoms with Gasteiger partial charge in [-0.05, 0) is 47.4 Å². The highest BCUT2D eigenvalue weighted by Gasteiger charge is 2.20. The van der Waals surface area contributed by atoms with Crippen molar-refractivity contribution in [3.63, 3.8) is 0 Å². The highest BCUT2D eigenvalue weighted by atomic mass is 35.5. The minimum atomic E-state index is 0.218. The molecule has 0 saturated heterocycles. The quantitative estimate of drug-likeness (QED) is 0.668. The van der Waals surface area contributed by atoms with E-state index in [0.29, 0.717) is 5.88 Å². The third-order valence-electron chi connectivity index (χ3n) is 3.82. The average molecular weight is 342 g/mol. The number of benzene rings is 2. The first-order chi connectivity index (χ1) is 10.2. The number of rotatable bonds is 4. The van der Waals surface area contributed by atoms with E-state index < -0.39 is 0 Å². The van der Waals surface area contributed by atoms with Crippen molar-refractivity contribution >= 4 is 34.8 Å². The lowest BCUT2D eigenvalue weighted by Crippen LogP contribution is -2.06. The second-order valence-corrected chi connectivity index (χ2v) is 6.44. The molecular formula is C17H15Cl3O. The Morgan fingerprint density at radius 2 is 1.81 bits per heavy atom. The number of ether oxygens (including phenoxy) is 1. The normalized spacial score (nSPS) is 14.6. The van der Waals surface area contributed by atoms with Gasteiger partial charge in [0.2, 0.25) is 0 Å². The van der Waals surface area contributed by atoms with Gasteiger partial charge in [-0.15, -0.1) is 11.6 Å². The third kappa shape index (κ3) is 3.31. The summed E-state index contributed by atoms with van der Waals surface area (Å²) >= 11 is 18.3. The van der Waals surface area contributed by atoms with Gasteiger partial charge in [-0.2, -0.15) is 0 Å². The summed E-state index contributed by atoms with van der Waals surface area (Å²) in [6.45, 7) is 0.731. The molecule has 1 aliphatic rings. The lowest BCUT2D eigenvalue weighted by molar-refractivity contribution is 0.353. The smallest absolute Gasteiger partial charge is 0.125 e. The highest BCUT2D eigenvalue weighted by Crippen LogP contribution is 2.36. The fourth-order valence-corrected chi connectivity index (χ4v) is 3.44. The molecule has 110 valence electrons. The molecule has 2 aromatic carbocycles. The molecule has 0 aliphatic carbocycles. The van der Waals surface area contributed by atoms with Crippen LogP contribution in [-0.4, -0.2) is 12.5 Å². The monoisotopic (exact) mass is 340 g/mol. The number of fused-ring (bicyclic) bond motifs is 1. The van der Waals surface area contributed by atoms with Crippen LogP contribution in [-0.2, 0) is 12.8 Å². The molecule has 3 rings (SSSR count). The molecule has 0 N–H and O–H groups in total. The van der Waals surface area contributed by atoms with Gasteiger partial charge in [-0.1, -0.05) is 35.3 Å². The molecule has 1 heterocycles. The van der Waals surface area contributed by atoms with Crippen LogP contribution in [0.2, 0.25) is 10.0 Å². The molecule has 0 aromatic heterocycles. The van der Waals surface area contributed by atoms with Crippen molar-refractivity contribution in [2.45, 2.75) is 18.8 Å². The summed E-state index contributed by atoms with van der Waals surface area (Å²) in [4.78, 5) is 0. The van der Waals surface area contributed by atoms with Crippen molar-refractivity contribution in [1.82, 2.24) is 0 Å². The van der Waals surface area contributed by atoms with Crippen LogP contribution in [0.15, 0.2) is 36.4 Å². The van der Waals surface area contributed by atoms with E-state index in [2.05, 4.69) is 0 Å². The number of halogens is 3. The molecule has 1 atom stereocenters. The second-order valence-electron chi connectivity index (χ2n) is 5.26. The fraction of sp³-hybridized carbons (Fsp3) is 0.294. The summed E-state index contributed by atoms with van der Waals surface area (Å²) in [5.74, 6) is 1.75. The van der Waals surface area contributed by atoms with E-state index >= 15 is 0 Å². The Morgan fingerprint density at radius 1 is 1.05 bits per heavy atom. The Kier molecular flexibility index (Phi) is 4.63. The molecule has 0 saturated carbocycles. The zero-order valence-corrected chi connectivity index (χ0v) is 13.7. The Bertz CT molecular complexity index is 637. The second kappa shape index (κ2) is 6.48. The van der Waals surface area contributed by atoms with E-state index in [-0.39, 0.29) is 5.92 Å².